The van der Waals surface area contributed by atoms with Crippen LogP contribution in [0.4, 0.5) is 0 Å². The topological polar surface area (TPSA) is 65.0 Å². The molecule has 1 rings (SSSR count). The number of aliphatic carboxylic acids is 1. The Balaban J connectivity index is 3.00. The summed E-state index contributed by atoms with van der Waals surface area (Å²) in [5, 5.41) is 8.77. The Morgan fingerprint density at radius 2 is 1.88 bits per heavy atom. The predicted molar refractivity (Wildman–Crippen MR) is 61.5 cm³/mol. The molecule has 94 valence electrons. The highest BCUT2D eigenvalue weighted by Crippen LogP contribution is 2.31. The first-order chi connectivity index (χ1) is 8.12. The second-order valence-electron chi connectivity index (χ2n) is 3.44. The van der Waals surface area contributed by atoms with Crippen LogP contribution in [0.5, 0.6) is 11.5 Å². The molecule has 0 aliphatic heterocycles. The second-order valence-corrected chi connectivity index (χ2v) is 3.44. The van der Waals surface area contributed by atoms with Gasteiger partial charge in [-0.3, -0.25) is 4.79 Å². The van der Waals surface area contributed by atoms with Gasteiger partial charge in [-0.1, -0.05) is 6.07 Å². The fourth-order valence-corrected chi connectivity index (χ4v) is 1.55. The van der Waals surface area contributed by atoms with Gasteiger partial charge in [0.1, 0.15) is 0 Å². The lowest BCUT2D eigenvalue weighted by molar-refractivity contribution is -0.139. The molecule has 0 heterocycles. The van der Waals surface area contributed by atoms with Crippen molar-refractivity contribution in [2.45, 2.75) is 12.5 Å². The number of carboxylic acids is 1. The zero-order valence-corrected chi connectivity index (χ0v) is 10.1. The first-order valence-corrected chi connectivity index (χ1v) is 5.08. The zero-order chi connectivity index (χ0) is 12.8. The van der Waals surface area contributed by atoms with Crippen molar-refractivity contribution in [2.75, 3.05) is 21.3 Å². The summed E-state index contributed by atoms with van der Waals surface area (Å²) in [7, 11) is 4.55. The largest absolute Gasteiger partial charge is 0.493 e. The standard InChI is InChI=1S/C12H16O5/c1-15-9-5-4-8(6-11(9)17-3)10(16-2)7-12(13)14/h4-6,10H,7H2,1-3H3,(H,13,14). The number of benzene rings is 1. The Bertz CT molecular complexity index is 388. The van der Waals surface area contributed by atoms with E-state index in [-0.39, 0.29) is 6.42 Å². The van der Waals surface area contributed by atoms with Crippen LogP contribution in [0, 0.1) is 0 Å². The number of ether oxygens (including phenoxy) is 3. The van der Waals surface area contributed by atoms with E-state index in [0.717, 1.165) is 5.56 Å². The van der Waals surface area contributed by atoms with E-state index in [2.05, 4.69) is 0 Å². The molecule has 0 radical (unpaired) electrons. The molecule has 1 aromatic rings. The Hall–Kier alpha value is -1.75. The van der Waals surface area contributed by atoms with Gasteiger partial charge in [0, 0.05) is 7.11 Å². The van der Waals surface area contributed by atoms with E-state index in [1.54, 1.807) is 25.3 Å². The normalized spacial score (nSPS) is 11.9. The van der Waals surface area contributed by atoms with Crippen molar-refractivity contribution >= 4 is 5.97 Å². The maximum absolute atomic E-state index is 10.7. The van der Waals surface area contributed by atoms with Gasteiger partial charge in [-0.25, -0.2) is 0 Å². The van der Waals surface area contributed by atoms with E-state index < -0.39 is 12.1 Å². The van der Waals surface area contributed by atoms with Gasteiger partial charge in [0.05, 0.1) is 26.7 Å². The summed E-state index contributed by atoms with van der Waals surface area (Å²) in [5.41, 5.74) is 0.743. The smallest absolute Gasteiger partial charge is 0.306 e. The molecule has 0 aliphatic carbocycles. The summed E-state index contributed by atoms with van der Waals surface area (Å²) in [6.07, 6.45) is -0.585. The van der Waals surface area contributed by atoms with E-state index >= 15 is 0 Å². The van der Waals surface area contributed by atoms with Crippen molar-refractivity contribution in [3.05, 3.63) is 23.8 Å². The predicted octanol–water partition coefficient (Wildman–Crippen LogP) is 1.87. The Morgan fingerprint density at radius 1 is 1.24 bits per heavy atom. The van der Waals surface area contributed by atoms with Gasteiger partial charge in [-0.2, -0.15) is 0 Å². The van der Waals surface area contributed by atoms with Crippen LogP contribution < -0.4 is 9.47 Å². The van der Waals surface area contributed by atoms with Crippen LogP contribution >= 0.6 is 0 Å². The van der Waals surface area contributed by atoms with Crippen molar-refractivity contribution in [3.8, 4) is 11.5 Å². The van der Waals surface area contributed by atoms with Crippen LogP contribution in [-0.2, 0) is 9.53 Å². The van der Waals surface area contributed by atoms with Crippen molar-refractivity contribution in [3.63, 3.8) is 0 Å². The molecule has 0 amide bonds. The molecule has 1 N–H and O–H groups in total. The van der Waals surface area contributed by atoms with Crippen LogP contribution in [0.25, 0.3) is 0 Å². The summed E-state index contributed by atoms with van der Waals surface area (Å²) in [4.78, 5) is 10.7. The highest BCUT2D eigenvalue weighted by Gasteiger charge is 2.16. The van der Waals surface area contributed by atoms with E-state index in [4.69, 9.17) is 19.3 Å². The fourth-order valence-electron chi connectivity index (χ4n) is 1.55. The number of carbonyl (C=O) groups is 1. The molecule has 0 spiro atoms. The van der Waals surface area contributed by atoms with E-state index in [0.29, 0.717) is 11.5 Å². The Kier molecular flexibility index (Phi) is 4.78. The van der Waals surface area contributed by atoms with Gasteiger partial charge >= 0.3 is 5.97 Å². The molecule has 1 aromatic carbocycles. The Labute approximate surface area is 99.9 Å². The summed E-state index contributed by atoms with van der Waals surface area (Å²) < 4.78 is 15.4. The first-order valence-electron chi connectivity index (χ1n) is 5.08. The Morgan fingerprint density at radius 3 is 2.35 bits per heavy atom. The van der Waals surface area contributed by atoms with Gasteiger partial charge in [0.25, 0.3) is 0 Å². The van der Waals surface area contributed by atoms with E-state index in [9.17, 15) is 4.79 Å². The third-order valence-corrected chi connectivity index (χ3v) is 2.42. The van der Waals surface area contributed by atoms with Crippen molar-refractivity contribution in [1.82, 2.24) is 0 Å². The number of hydrogen-bond acceptors (Lipinski definition) is 4. The van der Waals surface area contributed by atoms with Gasteiger partial charge in [0.15, 0.2) is 11.5 Å². The third kappa shape index (κ3) is 3.35. The minimum Gasteiger partial charge on any atom is -0.493 e. The molecule has 5 heteroatoms. The zero-order valence-electron chi connectivity index (χ0n) is 10.1. The average Bonchev–Trinajstić information content (AvgIpc) is 2.34. The van der Waals surface area contributed by atoms with Crippen LogP contribution in [0.15, 0.2) is 18.2 Å². The average molecular weight is 240 g/mol. The fraction of sp³-hybridized carbons (Fsp3) is 0.417. The molecule has 0 saturated heterocycles. The van der Waals surface area contributed by atoms with Crippen molar-refractivity contribution in [1.29, 1.82) is 0 Å². The molecular formula is C12H16O5. The van der Waals surface area contributed by atoms with Crippen molar-refractivity contribution < 1.29 is 24.1 Å². The van der Waals surface area contributed by atoms with Crippen LogP contribution in [0.1, 0.15) is 18.1 Å². The molecule has 1 unspecified atom stereocenters. The molecule has 0 aromatic heterocycles. The third-order valence-electron chi connectivity index (χ3n) is 2.42. The molecule has 0 saturated carbocycles. The minimum atomic E-state index is -0.911. The lowest BCUT2D eigenvalue weighted by Crippen LogP contribution is -2.08. The number of rotatable bonds is 6. The maximum Gasteiger partial charge on any atom is 0.306 e. The molecule has 0 bridgehead atoms. The number of carboxylic acid groups (broad SMARTS) is 1. The van der Waals surface area contributed by atoms with Gasteiger partial charge in [0.2, 0.25) is 0 Å². The van der Waals surface area contributed by atoms with E-state index in [1.165, 1.54) is 14.2 Å². The summed E-state index contributed by atoms with van der Waals surface area (Å²) >= 11 is 0. The molecule has 0 aliphatic rings. The number of hydrogen-bond donors (Lipinski definition) is 1. The molecule has 5 nitrogen and oxygen atoms in total. The number of methoxy groups -OCH3 is 3. The van der Waals surface area contributed by atoms with Crippen LogP contribution in [0.2, 0.25) is 0 Å². The second kappa shape index (κ2) is 6.10. The first kappa shape index (κ1) is 13.3. The molecule has 17 heavy (non-hydrogen) atoms. The SMILES string of the molecule is COc1ccc(C(CC(=O)O)OC)cc1OC. The summed E-state index contributed by atoms with van der Waals surface area (Å²) in [6, 6.07) is 5.20. The van der Waals surface area contributed by atoms with Gasteiger partial charge in [-0.05, 0) is 17.7 Å². The van der Waals surface area contributed by atoms with E-state index in [1.807, 2.05) is 0 Å². The monoisotopic (exact) mass is 240 g/mol. The summed E-state index contributed by atoms with van der Waals surface area (Å²) in [5.74, 6) is 0.241. The highest BCUT2D eigenvalue weighted by atomic mass is 16.5. The summed E-state index contributed by atoms with van der Waals surface area (Å²) in [6.45, 7) is 0. The van der Waals surface area contributed by atoms with Crippen molar-refractivity contribution in [2.24, 2.45) is 0 Å². The lowest BCUT2D eigenvalue weighted by atomic mass is 10.1. The lowest BCUT2D eigenvalue weighted by Gasteiger charge is -2.15. The highest BCUT2D eigenvalue weighted by molar-refractivity contribution is 5.67. The molecule has 1 atom stereocenters. The van der Waals surface area contributed by atoms with Crippen LogP contribution in [0.3, 0.4) is 0 Å². The van der Waals surface area contributed by atoms with Crippen LogP contribution in [-0.4, -0.2) is 32.4 Å². The van der Waals surface area contributed by atoms with Gasteiger partial charge in [-0.15, -0.1) is 0 Å². The van der Waals surface area contributed by atoms with Gasteiger partial charge < -0.3 is 19.3 Å². The minimum absolute atomic E-state index is 0.0913. The maximum atomic E-state index is 10.7. The molecular weight excluding hydrogens is 224 g/mol. The molecule has 0 fully saturated rings. The quantitative estimate of drug-likeness (QED) is 0.822.